The van der Waals surface area contributed by atoms with Gasteiger partial charge in [0.25, 0.3) is 0 Å². The number of nitrogens with one attached hydrogen (secondary N) is 2. The third-order valence-corrected chi connectivity index (χ3v) is 2.06. The molecule has 0 radical (unpaired) electrons. The van der Waals surface area contributed by atoms with Crippen LogP contribution in [-0.2, 0) is 0 Å². The molecule has 0 unspecified atom stereocenters. The molecule has 0 saturated heterocycles. The molecule has 2 N–H and O–H groups in total. The smallest absolute Gasteiger partial charge is 0.191 e. The monoisotopic (exact) mass is 153 g/mol. The van der Waals surface area contributed by atoms with E-state index < -0.39 is 0 Å². The second-order valence-corrected chi connectivity index (χ2v) is 3.41. The van der Waals surface area contributed by atoms with Crippen LogP contribution in [0.4, 0.5) is 0 Å². The van der Waals surface area contributed by atoms with E-state index in [2.05, 4.69) is 15.6 Å². The van der Waals surface area contributed by atoms with Gasteiger partial charge in [0.1, 0.15) is 0 Å². The zero-order valence-electron chi connectivity index (χ0n) is 6.93. The van der Waals surface area contributed by atoms with Crippen LogP contribution in [0.25, 0.3) is 0 Å². The lowest BCUT2D eigenvalue weighted by atomic mass is 10.6. The second-order valence-electron chi connectivity index (χ2n) is 3.41. The summed E-state index contributed by atoms with van der Waals surface area (Å²) >= 11 is 0. The number of rotatable bonds is 2. The van der Waals surface area contributed by atoms with Gasteiger partial charge in [-0.2, -0.15) is 0 Å². The fraction of sp³-hybridized carbons (Fsp3) is 0.875. The molecule has 2 aliphatic carbocycles. The van der Waals surface area contributed by atoms with Crippen molar-refractivity contribution in [3.63, 3.8) is 0 Å². The van der Waals surface area contributed by atoms with Crippen LogP contribution in [-0.4, -0.2) is 25.1 Å². The summed E-state index contributed by atoms with van der Waals surface area (Å²) in [6, 6.07) is 1.42. The lowest BCUT2D eigenvalue weighted by Gasteiger charge is -2.08. The highest BCUT2D eigenvalue weighted by molar-refractivity contribution is 5.80. The van der Waals surface area contributed by atoms with Gasteiger partial charge in [0.15, 0.2) is 5.96 Å². The highest BCUT2D eigenvalue weighted by atomic mass is 15.2. The molecule has 0 bridgehead atoms. The van der Waals surface area contributed by atoms with E-state index in [0.717, 1.165) is 5.96 Å². The largest absolute Gasteiger partial charge is 0.354 e. The molecule has 2 saturated carbocycles. The van der Waals surface area contributed by atoms with Gasteiger partial charge in [-0.1, -0.05) is 0 Å². The Balaban J connectivity index is 1.74. The molecule has 2 fully saturated rings. The third-order valence-electron chi connectivity index (χ3n) is 2.06. The molecule has 0 spiro atoms. The maximum absolute atomic E-state index is 4.14. The standard InChI is InChI=1S/C8H15N3/c1-9-8(10-6-2-3-6)11-7-4-5-7/h6-7H,2-5H2,1H3,(H2,9,10,11). The minimum Gasteiger partial charge on any atom is -0.354 e. The van der Waals surface area contributed by atoms with Crippen molar-refractivity contribution in [3.8, 4) is 0 Å². The third kappa shape index (κ3) is 2.10. The average molecular weight is 153 g/mol. The van der Waals surface area contributed by atoms with E-state index in [1.165, 1.54) is 25.7 Å². The van der Waals surface area contributed by atoms with Gasteiger partial charge in [0, 0.05) is 19.1 Å². The molecule has 0 atom stereocenters. The molecule has 0 heterocycles. The van der Waals surface area contributed by atoms with Crippen molar-refractivity contribution >= 4 is 5.96 Å². The SMILES string of the molecule is CN=C(NC1CC1)NC1CC1. The fourth-order valence-electron chi connectivity index (χ4n) is 1.01. The zero-order valence-corrected chi connectivity index (χ0v) is 6.93. The Hall–Kier alpha value is -0.730. The van der Waals surface area contributed by atoms with Gasteiger partial charge < -0.3 is 10.6 Å². The predicted octanol–water partition coefficient (Wildman–Crippen LogP) is 0.476. The number of hydrogen-bond acceptors (Lipinski definition) is 1. The molecule has 62 valence electrons. The summed E-state index contributed by atoms with van der Waals surface area (Å²) in [4.78, 5) is 4.14. The topological polar surface area (TPSA) is 36.4 Å². The first kappa shape index (κ1) is 6.95. The second kappa shape index (κ2) is 2.72. The predicted molar refractivity (Wildman–Crippen MR) is 45.7 cm³/mol. The molecular formula is C8H15N3. The lowest BCUT2D eigenvalue weighted by molar-refractivity contribution is 0.802. The van der Waals surface area contributed by atoms with Crippen LogP contribution in [0.3, 0.4) is 0 Å². The van der Waals surface area contributed by atoms with Gasteiger partial charge in [-0.15, -0.1) is 0 Å². The highest BCUT2D eigenvalue weighted by Crippen LogP contribution is 2.20. The molecule has 3 nitrogen and oxygen atoms in total. The van der Waals surface area contributed by atoms with Crippen LogP contribution in [0, 0.1) is 0 Å². The lowest BCUT2D eigenvalue weighted by Crippen LogP contribution is -2.39. The van der Waals surface area contributed by atoms with E-state index in [9.17, 15) is 0 Å². The summed E-state index contributed by atoms with van der Waals surface area (Å²) in [5, 5.41) is 6.70. The Kier molecular flexibility index (Phi) is 1.72. The summed E-state index contributed by atoms with van der Waals surface area (Å²) in [6.07, 6.45) is 5.24. The Morgan fingerprint density at radius 2 is 1.55 bits per heavy atom. The van der Waals surface area contributed by atoms with Crippen molar-refractivity contribution in [1.82, 2.24) is 10.6 Å². The molecule has 0 aromatic carbocycles. The van der Waals surface area contributed by atoms with E-state index in [1.807, 2.05) is 7.05 Å². The van der Waals surface area contributed by atoms with E-state index in [1.54, 1.807) is 0 Å². The van der Waals surface area contributed by atoms with Crippen LogP contribution < -0.4 is 10.6 Å². The summed E-state index contributed by atoms with van der Waals surface area (Å²) in [6.45, 7) is 0. The minimum atomic E-state index is 0.708. The van der Waals surface area contributed by atoms with Crippen LogP contribution >= 0.6 is 0 Å². The van der Waals surface area contributed by atoms with E-state index in [-0.39, 0.29) is 0 Å². The van der Waals surface area contributed by atoms with Crippen LogP contribution in [0.2, 0.25) is 0 Å². The molecule has 0 amide bonds. The maximum atomic E-state index is 4.14. The quantitative estimate of drug-likeness (QED) is 0.447. The molecular weight excluding hydrogens is 138 g/mol. The van der Waals surface area contributed by atoms with E-state index in [4.69, 9.17) is 0 Å². The normalized spacial score (nSPS) is 22.6. The Bertz CT molecular complexity index is 152. The summed E-state index contributed by atoms with van der Waals surface area (Å²) in [5.41, 5.74) is 0. The van der Waals surface area contributed by atoms with Crippen molar-refractivity contribution in [1.29, 1.82) is 0 Å². The molecule has 2 aliphatic rings. The Morgan fingerprint density at radius 1 is 1.09 bits per heavy atom. The summed E-state index contributed by atoms with van der Waals surface area (Å²) < 4.78 is 0. The first-order chi connectivity index (χ1) is 5.38. The molecule has 0 aromatic rings. The van der Waals surface area contributed by atoms with Crippen molar-refractivity contribution in [2.45, 2.75) is 37.8 Å². The van der Waals surface area contributed by atoms with Crippen molar-refractivity contribution in [3.05, 3.63) is 0 Å². The van der Waals surface area contributed by atoms with Crippen molar-refractivity contribution < 1.29 is 0 Å². The van der Waals surface area contributed by atoms with Gasteiger partial charge in [0.2, 0.25) is 0 Å². The van der Waals surface area contributed by atoms with Crippen LogP contribution in [0.1, 0.15) is 25.7 Å². The first-order valence-electron chi connectivity index (χ1n) is 4.38. The number of nitrogens with zero attached hydrogens (tertiary/aromatic N) is 1. The minimum absolute atomic E-state index is 0.708. The first-order valence-corrected chi connectivity index (χ1v) is 4.38. The molecule has 0 aliphatic heterocycles. The summed E-state index contributed by atoms with van der Waals surface area (Å²) in [7, 11) is 1.83. The number of guanidine groups is 1. The van der Waals surface area contributed by atoms with Gasteiger partial charge in [0.05, 0.1) is 0 Å². The molecule has 2 rings (SSSR count). The number of hydrogen-bond donors (Lipinski definition) is 2. The number of aliphatic imine (C=N–C) groups is 1. The van der Waals surface area contributed by atoms with Gasteiger partial charge >= 0.3 is 0 Å². The van der Waals surface area contributed by atoms with Crippen LogP contribution in [0.15, 0.2) is 4.99 Å². The highest BCUT2D eigenvalue weighted by Gasteiger charge is 2.26. The Labute approximate surface area is 67.3 Å². The van der Waals surface area contributed by atoms with Crippen molar-refractivity contribution in [2.75, 3.05) is 7.05 Å². The molecule has 11 heavy (non-hydrogen) atoms. The van der Waals surface area contributed by atoms with Gasteiger partial charge in [-0.3, -0.25) is 4.99 Å². The maximum Gasteiger partial charge on any atom is 0.191 e. The van der Waals surface area contributed by atoms with Crippen molar-refractivity contribution in [2.24, 2.45) is 4.99 Å². The van der Waals surface area contributed by atoms with Gasteiger partial charge in [-0.25, -0.2) is 0 Å². The van der Waals surface area contributed by atoms with E-state index >= 15 is 0 Å². The average Bonchev–Trinajstić information content (AvgIpc) is 2.78. The molecule has 3 heteroatoms. The summed E-state index contributed by atoms with van der Waals surface area (Å²) in [5.74, 6) is 0.995. The van der Waals surface area contributed by atoms with Gasteiger partial charge in [-0.05, 0) is 25.7 Å². The van der Waals surface area contributed by atoms with Crippen LogP contribution in [0.5, 0.6) is 0 Å². The zero-order chi connectivity index (χ0) is 7.68. The fourth-order valence-corrected chi connectivity index (χ4v) is 1.01. The van der Waals surface area contributed by atoms with E-state index in [0.29, 0.717) is 12.1 Å². The molecule has 0 aromatic heterocycles. The Morgan fingerprint density at radius 3 is 1.82 bits per heavy atom.